The van der Waals surface area contributed by atoms with Crippen LogP contribution in [0.2, 0.25) is 0 Å². The molecule has 0 unspecified atom stereocenters. The standard InChI is InChI=1S/C19H30BrNO2/c20-18-14-10-9-13-17(18)19(23)21-15-11-7-5-3-1-2-4-6-8-12-16-22/h9-10,13-14,22H,1-8,11-12,15-16H2,(H,21,23). The molecule has 1 amide bonds. The van der Waals surface area contributed by atoms with Crippen LogP contribution >= 0.6 is 15.9 Å². The molecule has 0 aliphatic rings. The van der Waals surface area contributed by atoms with Crippen LogP contribution in [0.25, 0.3) is 0 Å². The minimum Gasteiger partial charge on any atom is -0.396 e. The number of halogens is 1. The van der Waals surface area contributed by atoms with Gasteiger partial charge in [-0.1, -0.05) is 63.5 Å². The van der Waals surface area contributed by atoms with Crippen LogP contribution < -0.4 is 5.32 Å². The Hall–Kier alpha value is -0.870. The van der Waals surface area contributed by atoms with Gasteiger partial charge in [0.05, 0.1) is 5.56 Å². The molecule has 0 saturated heterocycles. The van der Waals surface area contributed by atoms with Crippen LogP contribution in [0.5, 0.6) is 0 Å². The van der Waals surface area contributed by atoms with Crippen LogP contribution in [-0.4, -0.2) is 24.2 Å². The van der Waals surface area contributed by atoms with E-state index in [-0.39, 0.29) is 5.91 Å². The second kappa shape index (κ2) is 13.6. The highest BCUT2D eigenvalue weighted by atomic mass is 79.9. The number of unbranched alkanes of at least 4 members (excludes halogenated alkanes) is 9. The molecule has 3 nitrogen and oxygen atoms in total. The summed E-state index contributed by atoms with van der Waals surface area (Å²) in [6.07, 6.45) is 12.0. The number of carbonyl (C=O) groups is 1. The number of rotatable bonds is 13. The zero-order chi connectivity index (χ0) is 16.8. The van der Waals surface area contributed by atoms with Crippen LogP contribution in [0.15, 0.2) is 28.7 Å². The van der Waals surface area contributed by atoms with Crippen LogP contribution in [0.1, 0.15) is 74.6 Å². The van der Waals surface area contributed by atoms with Gasteiger partial charge in [0, 0.05) is 17.6 Å². The van der Waals surface area contributed by atoms with Crippen molar-refractivity contribution in [2.45, 2.75) is 64.2 Å². The summed E-state index contributed by atoms with van der Waals surface area (Å²) in [7, 11) is 0. The lowest BCUT2D eigenvalue weighted by Crippen LogP contribution is -2.24. The maximum absolute atomic E-state index is 12.0. The van der Waals surface area contributed by atoms with Gasteiger partial charge in [-0.25, -0.2) is 0 Å². The fraction of sp³-hybridized carbons (Fsp3) is 0.632. The molecule has 0 saturated carbocycles. The van der Waals surface area contributed by atoms with E-state index in [4.69, 9.17) is 5.11 Å². The number of hydrogen-bond acceptors (Lipinski definition) is 2. The van der Waals surface area contributed by atoms with Gasteiger partial charge in [-0.05, 0) is 40.9 Å². The molecule has 1 aromatic carbocycles. The number of benzene rings is 1. The van der Waals surface area contributed by atoms with Gasteiger partial charge < -0.3 is 10.4 Å². The van der Waals surface area contributed by atoms with E-state index in [1.165, 1.54) is 44.9 Å². The Balaban J connectivity index is 1.92. The molecule has 0 aromatic heterocycles. The molecule has 1 aromatic rings. The van der Waals surface area contributed by atoms with E-state index < -0.39 is 0 Å². The molecule has 130 valence electrons. The topological polar surface area (TPSA) is 49.3 Å². The summed E-state index contributed by atoms with van der Waals surface area (Å²) < 4.78 is 0.844. The molecule has 0 atom stereocenters. The zero-order valence-corrected chi connectivity index (χ0v) is 15.6. The highest BCUT2D eigenvalue weighted by molar-refractivity contribution is 9.10. The first-order valence-corrected chi connectivity index (χ1v) is 9.68. The minimum atomic E-state index is 0.000328. The van der Waals surface area contributed by atoms with Crippen LogP contribution in [-0.2, 0) is 0 Å². The molecule has 23 heavy (non-hydrogen) atoms. The third kappa shape index (κ3) is 9.77. The molecule has 0 aliphatic heterocycles. The smallest absolute Gasteiger partial charge is 0.252 e. The van der Waals surface area contributed by atoms with E-state index in [1.54, 1.807) is 0 Å². The lowest BCUT2D eigenvalue weighted by Gasteiger charge is -2.07. The minimum absolute atomic E-state index is 0.000328. The maximum Gasteiger partial charge on any atom is 0.252 e. The summed E-state index contributed by atoms with van der Waals surface area (Å²) in [6.45, 7) is 1.08. The molecular formula is C19H30BrNO2. The number of hydrogen-bond donors (Lipinski definition) is 2. The number of amides is 1. The van der Waals surface area contributed by atoms with Gasteiger partial charge in [-0.3, -0.25) is 4.79 Å². The van der Waals surface area contributed by atoms with Gasteiger partial charge in [0.25, 0.3) is 5.91 Å². The second-order valence-electron chi connectivity index (χ2n) is 5.99. The zero-order valence-electron chi connectivity index (χ0n) is 14.0. The Morgan fingerprint density at radius 1 is 0.870 bits per heavy atom. The lowest BCUT2D eigenvalue weighted by molar-refractivity contribution is 0.0952. The highest BCUT2D eigenvalue weighted by Crippen LogP contribution is 2.15. The summed E-state index contributed by atoms with van der Waals surface area (Å²) in [5.41, 5.74) is 0.702. The summed E-state index contributed by atoms with van der Waals surface area (Å²) in [4.78, 5) is 12.0. The first kappa shape index (κ1) is 20.2. The maximum atomic E-state index is 12.0. The van der Waals surface area contributed by atoms with E-state index >= 15 is 0 Å². The van der Waals surface area contributed by atoms with Gasteiger partial charge in [0.2, 0.25) is 0 Å². The number of nitrogens with one attached hydrogen (secondary N) is 1. The third-order valence-electron chi connectivity index (χ3n) is 3.99. The molecule has 0 spiro atoms. The summed E-state index contributed by atoms with van der Waals surface area (Å²) in [6, 6.07) is 7.51. The molecule has 0 fully saturated rings. The van der Waals surface area contributed by atoms with Gasteiger partial charge in [0.15, 0.2) is 0 Å². The predicted molar refractivity (Wildman–Crippen MR) is 99.7 cm³/mol. The molecule has 1 rings (SSSR count). The molecule has 2 N–H and O–H groups in total. The highest BCUT2D eigenvalue weighted by Gasteiger charge is 2.07. The van der Waals surface area contributed by atoms with Crippen LogP contribution in [0.4, 0.5) is 0 Å². The van der Waals surface area contributed by atoms with Gasteiger partial charge in [0.1, 0.15) is 0 Å². The van der Waals surface area contributed by atoms with E-state index in [9.17, 15) is 4.79 Å². The lowest BCUT2D eigenvalue weighted by atomic mass is 10.1. The number of aliphatic hydroxyl groups excluding tert-OH is 1. The van der Waals surface area contributed by atoms with Crippen molar-refractivity contribution < 1.29 is 9.90 Å². The molecule has 0 bridgehead atoms. The summed E-state index contributed by atoms with van der Waals surface area (Å²) in [5, 5.41) is 11.7. The second-order valence-corrected chi connectivity index (χ2v) is 6.85. The van der Waals surface area contributed by atoms with Gasteiger partial charge in [-0.2, -0.15) is 0 Å². The normalized spacial score (nSPS) is 10.7. The molecule has 0 heterocycles. The first-order chi connectivity index (χ1) is 11.3. The summed E-state index contributed by atoms with van der Waals surface area (Å²) >= 11 is 3.40. The average Bonchev–Trinajstić information content (AvgIpc) is 2.56. The Kier molecular flexibility index (Phi) is 11.9. The Bertz CT molecular complexity index is 437. The molecule has 4 heteroatoms. The van der Waals surface area contributed by atoms with Crippen molar-refractivity contribution in [2.24, 2.45) is 0 Å². The SMILES string of the molecule is O=C(NCCCCCCCCCCCCO)c1ccccc1Br. The number of aliphatic hydroxyl groups is 1. The Morgan fingerprint density at radius 3 is 1.96 bits per heavy atom. The van der Waals surface area contributed by atoms with E-state index in [2.05, 4.69) is 21.2 Å². The molecule has 0 radical (unpaired) electrons. The largest absolute Gasteiger partial charge is 0.396 e. The van der Waals surface area contributed by atoms with Crippen molar-refractivity contribution in [3.63, 3.8) is 0 Å². The van der Waals surface area contributed by atoms with Crippen molar-refractivity contribution in [3.8, 4) is 0 Å². The third-order valence-corrected chi connectivity index (χ3v) is 4.68. The van der Waals surface area contributed by atoms with Crippen LogP contribution in [0, 0.1) is 0 Å². The molecular weight excluding hydrogens is 354 g/mol. The first-order valence-electron chi connectivity index (χ1n) is 8.89. The van der Waals surface area contributed by atoms with Crippen molar-refractivity contribution in [1.82, 2.24) is 5.32 Å². The van der Waals surface area contributed by atoms with Crippen LogP contribution in [0.3, 0.4) is 0 Å². The van der Waals surface area contributed by atoms with Gasteiger partial charge in [-0.15, -0.1) is 0 Å². The van der Waals surface area contributed by atoms with Crippen molar-refractivity contribution in [2.75, 3.05) is 13.2 Å². The van der Waals surface area contributed by atoms with Gasteiger partial charge >= 0.3 is 0 Å². The van der Waals surface area contributed by atoms with Crippen molar-refractivity contribution >= 4 is 21.8 Å². The number of carbonyl (C=O) groups excluding carboxylic acids is 1. The van der Waals surface area contributed by atoms with E-state index in [1.807, 2.05) is 24.3 Å². The predicted octanol–water partition coefficient (Wildman–Crippen LogP) is 5.07. The quantitative estimate of drug-likeness (QED) is 0.467. The van der Waals surface area contributed by atoms with Crippen molar-refractivity contribution in [1.29, 1.82) is 0 Å². The summed E-state index contributed by atoms with van der Waals surface area (Å²) in [5.74, 6) is 0.000328. The fourth-order valence-electron chi connectivity index (χ4n) is 2.59. The molecule has 0 aliphatic carbocycles. The Labute approximate surface area is 149 Å². The van der Waals surface area contributed by atoms with E-state index in [0.717, 1.165) is 30.3 Å². The fourth-order valence-corrected chi connectivity index (χ4v) is 3.06. The Morgan fingerprint density at radius 2 is 1.39 bits per heavy atom. The average molecular weight is 384 g/mol. The van der Waals surface area contributed by atoms with Crippen molar-refractivity contribution in [3.05, 3.63) is 34.3 Å². The van der Waals surface area contributed by atoms with E-state index in [0.29, 0.717) is 12.2 Å². The monoisotopic (exact) mass is 383 g/mol.